The van der Waals surface area contributed by atoms with Crippen LogP contribution in [0.1, 0.15) is 33.6 Å². The van der Waals surface area contributed by atoms with E-state index in [1.165, 1.54) is 4.90 Å². The lowest BCUT2D eigenvalue weighted by atomic mass is 10.1. The minimum absolute atomic E-state index is 0.0229. The standard InChI is InChI=1S/C23H28N4O4/c1-27(2)23(30)17-7-4-8-18(13-17)24-15-21(28)26-19-9-3-6-16(12-19)22(29)25-14-20-10-5-11-31-20/h3-4,6-9,12-13,20,24H,5,10-11,14-15H2,1-2H3,(H,25,29)(H,26,28). The molecule has 0 radical (unpaired) electrons. The Balaban J connectivity index is 1.51. The Bertz CT molecular complexity index is 939. The fourth-order valence-corrected chi connectivity index (χ4v) is 3.26. The molecule has 31 heavy (non-hydrogen) atoms. The summed E-state index contributed by atoms with van der Waals surface area (Å²) >= 11 is 0. The first-order chi connectivity index (χ1) is 14.9. The SMILES string of the molecule is CN(C)C(=O)c1cccc(NCC(=O)Nc2cccc(C(=O)NCC3CCCO3)c2)c1. The fraction of sp³-hybridized carbons (Fsp3) is 0.348. The fourth-order valence-electron chi connectivity index (χ4n) is 3.26. The highest BCUT2D eigenvalue weighted by Gasteiger charge is 2.17. The van der Waals surface area contributed by atoms with Crippen LogP contribution < -0.4 is 16.0 Å². The maximum atomic E-state index is 12.4. The Morgan fingerprint density at radius 2 is 1.74 bits per heavy atom. The van der Waals surface area contributed by atoms with Crippen molar-refractivity contribution in [3.8, 4) is 0 Å². The van der Waals surface area contributed by atoms with Gasteiger partial charge in [-0.2, -0.15) is 0 Å². The summed E-state index contributed by atoms with van der Waals surface area (Å²) in [6.07, 6.45) is 2.05. The molecule has 1 aliphatic heterocycles. The third kappa shape index (κ3) is 6.55. The first kappa shape index (κ1) is 22.3. The second-order valence-corrected chi connectivity index (χ2v) is 7.61. The van der Waals surface area contributed by atoms with Gasteiger partial charge in [-0.05, 0) is 49.2 Å². The molecule has 2 aromatic rings. The van der Waals surface area contributed by atoms with E-state index in [4.69, 9.17) is 4.74 Å². The van der Waals surface area contributed by atoms with Crippen LogP contribution in [0.5, 0.6) is 0 Å². The highest BCUT2D eigenvalue weighted by Crippen LogP contribution is 2.14. The van der Waals surface area contributed by atoms with Gasteiger partial charge in [0.1, 0.15) is 0 Å². The number of anilines is 2. The number of carbonyl (C=O) groups excluding carboxylic acids is 3. The number of amides is 3. The van der Waals surface area contributed by atoms with Crippen LogP contribution >= 0.6 is 0 Å². The molecule has 0 saturated carbocycles. The van der Waals surface area contributed by atoms with Crippen molar-refractivity contribution in [2.24, 2.45) is 0 Å². The summed E-state index contributed by atoms with van der Waals surface area (Å²) in [7, 11) is 3.37. The molecule has 2 aromatic carbocycles. The van der Waals surface area contributed by atoms with Crippen LogP contribution in [0, 0.1) is 0 Å². The molecule has 0 aromatic heterocycles. The van der Waals surface area contributed by atoms with Crippen molar-refractivity contribution in [1.29, 1.82) is 0 Å². The highest BCUT2D eigenvalue weighted by molar-refractivity contribution is 5.98. The van der Waals surface area contributed by atoms with Crippen LogP contribution in [-0.4, -0.2) is 62.5 Å². The molecule has 1 unspecified atom stereocenters. The Labute approximate surface area is 182 Å². The van der Waals surface area contributed by atoms with Crippen molar-refractivity contribution in [2.45, 2.75) is 18.9 Å². The molecule has 1 aliphatic rings. The zero-order valence-corrected chi connectivity index (χ0v) is 17.8. The van der Waals surface area contributed by atoms with E-state index in [0.29, 0.717) is 29.0 Å². The third-order valence-corrected chi connectivity index (χ3v) is 4.89. The Morgan fingerprint density at radius 3 is 2.45 bits per heavy atom. The summed E-state index contributed by atoms with van der Waals surface area (Å²) in [4.78, 5) is 38.2. The molecule has 0 aliphatic carbocycles. The molecule has 3 N–H and O–H groups in total. The maximum absolute atomic E-state index is 12.4. The van der Waals surface area contributed by atoms with Gasteiger partial charge in [0.15, 0.2) is 0 Å². The summed E-state index contributed by atoms with van der Waals surface area (Å²) in [6.45, 7) is 1.25. The van der Waals surface area contributed by atoms with E-state index < -0.39 is 0 Å². The minimum Gasteiger partial charge on any atom is -0.376 e. The van der Waals surface area contributed by atoms with E-state index in [9.17, 15) is 14.4 Å². The van der Waals surface area contributed by atoms with Gasteiger partial charge in [0.05, 0.1) is 12.6 Å². The van der Waals surface area contributed by atoms with Crippen LogP contribution in [0.4, 0.5) is 11.4 Å². The van der Waals surface area contributed by atoms with Crippen molar-refractivity contribution in [2.75, 3.05) is 44.4 Å². The van der Waals surface area contributed by atoms with Gasteiger partial charge < -0.3 is 25.6 Å². The lowest BCUT2D eigenvalue weighted by Gasteiger charge is -2.13. The maximum Gasteiger partial charge on any atom is 0.253 e. The molecule has 0 bridgehead atoms. The number of carbonyl (C=O) groups is 3. The summed E-state index contributed by atoms with van der Waals surface area (Å²) < 4.78 is 5.51. The number of benzene rings is 2. The predicted octanol–water partition coefficient (Wildman–Crippen LogP) is 2.35. The first-order valence-corrected chi connectivity index (χ1v) is 10.3. The lowest BCUT2D eigenvalue weighted by molar-refractivity contribution is -0.114. The van der Waals surface area contributed by atoms with Gasteiger partial charge in [0.25, 0.3) is 11.8 Å². The third-order valence-electron chi connectivity index (χ3n) is 4.89. The van der Waals surface area contributed by atoms with Crippen LogP contribution in [0.2, 0.25) is 0 Å². The van der Waals surface area contributed by atoms with E-state index in [2.05, 4.69) is 16.0 Å². The van der Waals surface area contributed by atoms with Crippen LogP contribution in [0.15, 0.2) is 48.5 Å². The molecule has 0 spiro atoms. The predicted molar refractivity (Wildman–Crippen MR) is 119 cm³/mol. The molecule has 8 nitrogen and oxygen atoms in total. The Kier molecular flexibility index (Phi) is 7.61. The quantitative estimate of drug-likeness (QED) is 0.604. The van der Waals surface area contributed by atoms with Gasteiger partial charge in [-0.1, -0.05) is 12.1 Å². The Hall–Kier alpha value is -3.39. The summed E-state index contributed by atoms with van der Waals surface area (Å²) in [5.41, 5.74) is 2.22. The van der Waals surface area contributed by atoms with E-state index in [1.807, 2.05) is 0 Å². The van der Waals surface area contributed by atoms with Crippen molar-refractivity contribution in [1.82, 2.24) is 10.2 Å². The zero-order valence-electron chi connectivity index (χ0n) is 17.8. The molecule has 8 heteroatoms. The smallest absolute Gasteiger partial charge is 0.253 e. The minimum atomic E-state index is -0.263. The molecule has 1 atom stereocenters. The molecule has 3 amide bonds. The number of hydrogen-bond acceptors (Lipinski definition) is 5. The lowest BCUT2D eigenvalue weighted by Crippen LogP contribution is -2.31. The molecule has 1 saturated heterocycles. The van der Waals surface area contributed by atoms with Crippen molar-refractivity contribution in [3.63, 3.8) is 0 Å². The van der Waals surface area contributed by atoms with Gasteiger partial charge in [0.2, 0.25) is 5.91 Å². The van der Waals surface area contributed by atoms with Gasteiger partial charge >= 0.3 is 0 Å². The van der Waals surface area contributed by atoms with Crippen molar-refractivity contribution >= 4 is 29.1 Å². The topological polar surface area (TPSA) is 99.8 Å². The molecule has 1 fully saturated rings. The van der Waals surface area contributed by atoms with Crippen molar-refractivity contribution < 1.29 is 19.1 Å². The summed E-state index contributed by atoms with van der Waals surface area (Å²) in [5, 5.41) is 8.66. The Morgan fingerprint density at radius 1 is 1.03 bits per heavy atom. The van der Waals surface area contributed by atoms with Gasteiger partial charge in [-0.15, -0.1) is 0 Å². The molecule has 3 rings (SSSR count). The summed E-state index contributed by atoms with van der Waals surface area (Å²) in [6, 6.07) is 13.8. The number of nitrogens with one attached hydrogen (secondary N) is 3. The van der Waals surface area contributed by atoms with Crippen LogP contribution in [0.25, 0.3) is 0 Å². The number of hydrogen-bond donors (Lipinski definition) is 3. The first-order valence-electron chi connectivity index (χ1n) is 10.3. The number of nitrogens with zero attached hydrogens (tertiary/aromatic N) is 1. The monoisotopic (exact) mass is 424 g/mol. The number of rotatable bonds is 8. The molecule has 164 valence electrons. The van der Waals surface area contributed by atoms with E-state index in [-0.39, 0.29) is 30.4 Å². The average molecular weight is 425 g/mol. The van der Waals surface area contributed by atoms with Gasteiger partial charge in [-0.25, -0.2) is 0 Å². The number of ether oxygens (including phenoxy) is 1. The van der Waals surface area contributed by atoms with Crippen LogP contribution in [-0.2, 0) is 9.53 Å². The van der Waals surface area contributed by atoms with Crippen molar-refractivity contribution in [3.05, 3.63) is 59.7 Å². The van der Waals surface area contributed by atoms with E-state index >= 15 is 0 Å². The normalized spacial score (nSPS) is 15.2. The second-order valence-electron chi connectivity index (χ2n) is 7.61. The van der Waals surface area contributed by atoms with E-state index in [1.54, 1.807) is 62.6 Å². The molecular weight excluding hydrogens is 396 g/mol. The largest absolute Gasteiger partial charge is 0.376 e. The van der Waals surface area contributed by atoms with Crippen LogP contribution in [0.3, 0.4) is 0 Å². The highest BCUT2D eigenvalue weighted by atomic mass is 16.5. The second kappa shape index (κ2) is 10.6. The zero-order chi connectivity index (χ0) is 22.2. The van der Waals surface area contributed by atoms with Gasteiger partial charge in [0, 0.05) is 49.7 Å². The van der Waals surface area contributed by atoms with Gasteiger partial charge in [-0.3, -0.25) is 14.4 Å². The molecule has 1 heterocycles. The molecular formula is C23H28N4O4. The summed E-state index contributed by atoms with van der Waals surface area (Å²) in [5.74, 6) is -0.573. The average Bonchev–Trinajstić information content (AvgIpc) is 3.29. The van der Waals surface area contributed by atoms with E-state index in [0.717, 1.165) is 19.4 Å².